The van der Waals surface area contributed by atoms with Crippen molar-refractivity contribution in [3.8, 4) is 0 Å². The standard InChI is InChI=1S/C25H30N2O4S/c1-17-8-10-20(11-9-17)26-23(28)16-32-22-7-5-4-6-21(22)25(30)31-19(3)24(29)27-14-12-18(2)13-15-27/h4-11,18-19H,12-16H2,1-3H3,(H,26,28). The van der Waals surface area contributed by atoms with E-state index >= 15 is 0 Å². The van der Waals surface area contributed by atoms with E-state index in [4.69, 9.17) is 4.74 Å². The maximum Gasteiger partial charge on any atom is 0.340 e. The Hall–Kier alpha value is -2.80. The van der Waals surface area contributed by atoms with Crippen molar-refractivity contribution in [2.45, 2.75) is 44.6 Å². The van der Waals surface area contributed by atoms with E-state index in [-0.39, 0.29) is 17.6 Å². The van der Waals surface area contributed by atoms with E-state index in [2.05, 4.69) is 12.2 Å². The summed E-state index contributed by atoms with van der Waals surface area (Å²) in [6.07, 6.45) is 1.09. The number of amides is 2. The largest absolute Gasteiger partial charge is 0.449 e. The van der Waals surface area contributed by atoms with Gasteiger partial charge in [-0.25, -0.2) is 4.79 Å². The minimum absolute atomic E-state index is 0.151. The van der Waals surface area contributed by atoms with Gasteiger partial charge in [0.2, 0.25) is 5.91 Å². The number of nitrogens with one attached hydrogen (secondary N) is 1. The normalized spacial score (nSPS) is 15.2. The third kappa shape index (κ3) is 6.60. The number of esters is 1. The van der Waals surface area contributed by atoms with E-state index in [0.29, 0.717) is 29.5 Å². The molecule has 2 aromatic carbocycles. The maximum atomic E-state index is 12.8. The summed E-state index contributed by atoms with van der Waals surface area (Å²) in [4.78, 5) is 40.2. The second kappa shape index (κ2) is 11.2. The van der Waals surface area contributed by atoms with Gasteiger partial charge in [-0.1, -0.05) is 36.8 Å². The van der Waals surface area contributed by atoms with Gasteiger partial charge in [-0.05, 0) is 56.9 Å². The molecule has 2 amide bonds. The number of hydrogen-bond acceptors (Lipinski definition) is 5. The zero-order chi connectivity index (χ0) is 23.1. The fourth-order valence-corrected chi connectivity index (χ4v) is 4.34. The SMILES string of the molecule is Cc1ccc(NC(=O)CSc2ccccc2C(=O)OC(C)C(=O)N2CCC(C)CC2)cc1. The van der Waals surface area contributed by atoms with E-state index < -0.39 is 12.1 Å². The third-order valence-corrected chi connectivity index (χ3v) is 6.60. The number of carbonyl (C=O) groups is 3. The summed E-state index contributed by atoms with van der Waals surface area (Å²) in [6, 6.07) is 14.5. The van der Waals surface area contributed by atoms with Gasteiger partial charge in [0, 0.05) is 23.7 Å². The molecule has 170 valence electrons. The molecule has 1 heterocycles. The molecular weight excluding hydrogens is 424 g/mol. The molecule has 0 aliphatic carbocycles. The van der Waals surface area contributed by atoms with Crippen LogP contribution in [-0.4, -0.2) is 47.6 Å². The molecule has 32 heavy (non-hydrogen) atoms. The average molecular weight is 455 g/mol. The smallest absolute Gasteiger partial charge is 0.340 e. The highest BCUT2D eigenvalue weighted by atomic mass is 32.2. The fraction of sp³-hybridized carbons (Fsp3) is 0.400. The molecule has 1 saturated heterocycles. The van der Waals surface area contributed by atoms with Gasteiger partial charge in [-0.15, -0.1) is 11.8 Å². The summed E-state index contributed by atoms with van der Waals surface area (Å²) in [5.41, 5.74) is 2.20. The molecule has 1 aliphatic rings. The number of ether oxygens (including phenoxy) is 1. The van der Waals surface area contributed by atoms with Gasteiger partial charge in [0.25, 0.3) is 5.91 Å². The second-order valence-corrected chi connectivity index (χ2v) is 9.27. The van der Waals surface area contributed by atoms with E-state index in [1.807, 2.05) is 31.2 Å². The highest BCUT2D eigenvalue weighted by Gasteiger charge is 2.27. The molecule has 0 bridgehead atoms. The Morgan fingerprint density at radius 2 is 1.75 bits per heavy atom. The van der Waals surface area contributed by atoms with Crippen molar-refractivity contribution in [1.82, 2.24) is 4.90 Å². The molecule has 2 aromatic rings. The zero-order valence-corrected chi connectivity index (χ0v) is 19.6. The lowest BCUT2D eigenvalue weighted by atomic mass is 9.99. The van der Waals surface area contributed by atoms with Gasteiger partial charge < -0.3 is 15.0 Å². The van der Waals surface area contributed by atoms with E-state index in [1.165, 1.54) is 11.8 Å². The number of aryl methyl sites for hydroxylation is 1. The molecule has 0 aromatic heterocycles. The first kappa shape index (κ1) is 23.9. The lowest BCUT2D eigenvalue weighted by molar-refractivity contribution is -0.141. The van der Waals surface area contributed by atoms with Crippen LogP contribution in [0.4, 0.5) is 5.69 Å². The minimum atomic E-state index is -0.848. The van der Waals surface area contributed by atoms with Crippen molar-refractivity contribution in [3.63, 3.8) is 0 Å². The molecule has 1 fully saturated rings. The number of carbonyl (C=O) groups excluding carboxylic acids is 3. The molecule has 1 N–H and O–H groups in total. The third-order valence-electron chi connectivity index (χ3n) is 5.53. The van der Waals surface area contributed by atoms with Crippen molar-refractivity contribution >= 4 is 35.2 Å². The predicted molar refractivity (Wildman–Crippen MR) is 127 cm³/mol. The number of hydrogen-bond donors (Lipinski definition) is 1. The highest BCUT2D eigenvalue weighted by molar-refractivity contribution is 8.00. The fourth-order valence-electron chi connectivity index (χ4n) is 3.50. The molecule has 6 nitrogen and oxygen atoms in total. The number of piperidine rings is 1. The van der Waals surface area contributed by atoms with Gasteiger partial charge in [0.15, 0.2) is 6.10 Å². The first-order valence-corrected chi connectivity index (χ1v) is 11.9. The van der Waals surface area contributed by atoms with Gasteiger partial charge in [0.1, 0.15) is 0 Å². The van der Waals surface area contributed by atoms with Crippen LogP contribution in [0, 0.1) is 12.8 Å². The molecular formula is C25H30N2O4S. The van der Waals surface area contributed by atoms with Crippen LogP contribution in [0.25, 0.3) is 0 Å². The summed E-state index contributed by atoms with van der Waals surface area (Å²) < 4.78 is 5.49. The zero-order valence-electron chi connectivity index (χ0n) is 18.8. The van der Waals surface area contributed by atoms with Crippen LogP contribution in [-0.2, 0) is 14.3 Å². The maximum absolute atomic E-state index is 12.8. The highest BCUT2D eigenvalue weighted by Crippen LogP contribution is 2.25. The number of nitrogens with zero attached hydrogens (tertiary/aromatic N) is 1. The topological polar surface area (TPSA) is 75.7 Å². The van der Waals surface area contributed by atoms with Gasteiger partial charge in [-0.3, -0.25) is 9.59 Å². The number of benzene rings is 2. The van der Waals surface area contributed by atoms with Gasteiger partial charge in [-0.2, -0.15) is 0 Å². The molecule has 1 unspecified atom stereocenters. The minimum Gasteiger partial charge on any atom is -0.449 e. The van der Waals surface area contributed by atoms with Crippen LogP contribution in [0.3, 0.4) is 0 Å². The number of likely N-dealkylation sites (tertiary alicyclic amines) is 1. The second-order valence-electron chi connectivity index (χ2n) is 8.25. The summed E-state index contributed by atoms with van der Waals surface area (Å²) in [5, 5.41) is 2.85. The lowest BCUT2D eigenvalue weighted by Crippen LogP contribution is -2.44. The Kier molecular flexibility index (Phi) is 8.33. The molecule has 0 radical (unpaired) electrons. The summed E-state index contributed by atoms with van der Waals surface area (Å²) in [5.74, 6) is -0.112. The predicted octanol–water partition coefficient (Wildman–Crippen LogP) is 4.53. The average Bonchev–Trinajstić information content (AvgIpc) is 2.79. The summed E-state index contributed by atoms with van der Waals surface area (Å²) in [6.45, 7) is 7.18. The molecule has 1 atom stereocenters. The lowest BCUT2D eigenvalue weighted by Gasteiger charge is -2.31. The molecule has 1 aliphatic heterocycles. The van der Waals surface area contributed by atoms with Crippen molar-refractivity contribution in [3.05, 3.63) is 59.7 Å². The van der Waals surface area contributed by atoms with Crippen LogP contribution in [0.5, 0.6) is 0 Å². The Morgan fingerprint density at radius 3 is 2.44 bits per heavy atom. The molecule has 3 rings (SSSR count). The Morgan fingerprint density at radius 1 is 1.09 bits per heavy atom. The summed E-state index contributed by atoms with van der Waals surface area (Å²) >= 11 is 1.26. The molecule has 7 heteroatoms. The van der Waals surface area contributed by atoms with Crippen LogP contribution in [0.2, 0.25) is 0 Å². The quantitative estimate of drug-likeness (QED) is 0.491. The van der Waals surface area contributed by atoms with Crippen LogP contribution < -0.4 is 5.32 Å². The van der Waals surface area contributed by atoms with Crippen LogP contribution >= 0.6 is 11.8 Å². The van der Waals surface area contributed by atoms with Crippen LogP contribution in [0.1, 0.15) is 42.6 Å². The van der Waals surface area contributed by atoms with E-state index in [0.717, 1.165) is 24.1 Å². The van der Waals surface area contributed by atoms with Gasteiger partial charge in [0.05, 0.1) is 11.3 Å². The molecule has 0 saturated carbocycles. The Balaban J connectivity index is 1.56. The van der Waals surface area contributed by atoms with Crippen molar-refractivity contribution in [2.75, 3.05) is 24.2 Å². The van der Waals surface area contributed by atoms with Crippen molar-refractivity contribution < 1.29 is 19.1 Å². The first-order valence-electron chi connectivity index (χ1n) is 10.9. The number of anilines is 1. The monoisotopic (exact) mass is 454 g/mol. The first-order chi connectivity index (χ1) is 15.3. The van der Waals surface area contributed by atoms with E-state index in [9.17, 15) is 14.4 Å². The van der Waals surface area contributed by atoms with E-state index in [1.54, 1.807) is 36.1 Å². The Bertz CT molecular complexity index is 953. The Labute approximate surface area is 193 Å². The molecule has 0 spiro atoms. The van der Waals surface area contributed by atoms with Gasteiger partial charge >= 0.3 is 5.97 Å². The number of rotatable bonds is 7. The summed E-state index contributed by atoms with van der Waals surface area (Å²) in [7, 11) is 0. The van der Waals surface area contributed by atoms with Crippen LogP contribution in [0.15, 0.2) is 53.4 Å². The number of thioether (sulfide) groups is 1. The van der Waals surface area contributed by atoms with Crippen molar-refractivity contribution in [1.29, 1.82) is 0 Å². The van der Waals surface area contributed by atoms with Crippen molar-refractivity contribution in [2.24, 2.45) is 5.92 Å².